The van der Waals surface area contributed by atoms with E-state index in [0.717, 1.165) is 9.13 Å². The molecule has 0 saturated heterocycles. The van der Waals surface area contributed by atoms with Gasteiger partial charge >= 0.3 is 5.97 Å². The second kappa shape index (κ2) is 12.9. The molecule has 1 N–H and O–H groups in total. The van der Waals surface area contributed by atoms with Crippen molar-refractivity contribution in [1.82, 2.24) is 0 Å². The number of nitrogens with one attached hydrogen (secondary N) is 1. The maximum atomic E-state index is 12.7. The van der Waals surface area contributed by atoms with Gasteiger partial charge in [0, 0.05) is 11.3 Å². The van der Waals surface area contributed by atoms with Crippen molar-refractivity contribution >= 4 is 62.2 Å². The molecule has 9 heteroatoms. The molecular formula is C27H19BrIN3O4. The Balaban J connectivity index is 1.74. The number of nitriles is 2. The smallest absolute Gasteiger partial charge is 0.338 e. The van der Waals surface area contributed by atoms with E-state index >= 15 is 0 Å². The molecule has 0 heterocycles. The van der Waals surface area contributed by atoms with Gasteiger partial charge in [0.25, 0.3) is 5.91 Å². The van der Waals surface area contributed by atoms with Gasteiger partial charge in [-0.2, -0.15) is 10.5 Å². The van der Waals surface area contributed by atoms with Crippen LogP contribution in [0.15, 0.2) is 70.7 Å². The Morgan fingerprint density at radius 3 is 2.47 bits per heavy atom. The molecule has 0 saturated carbocycles. The van der Waals surface area contributed by atoms with Crippen LogP contribution in [0.1, 0.15) is 34.0 Å². The summed E-state index contributed by atoms with van der Waals surface area (Å²) in [6.45, 7) is 2.21. The zero-order chi connectivity index (χ0) is 26.1. The fourth-order valence-electron chi connectivity index (χ4n) is 3.12. The van der Waals surface area contributed by atoms with Crippen molar-refractivity contribution in [2.75, 3.05) is 11.9 Å². The number of halogens is 2. The number of carbonyl (C=O) groups is 2. The van der Waals surface area contributed by atoms with E-state index in [9.17, 15) is 20.1 Å². The summed E-state index contributed by atoms with van der Waals surface area (Å²) < 4.78 is 12.3. The van der Waals surface area contributed by atoms with Crippen molar-refractivity contribution in [3.05, 3.63) is 96.5 Å². The second-order valence-electron chi connectivity index (χ2n) is 7.29. The molecule has 7 nitrogen and oxygen atoms in total. The van der Waals surface area contributed by atoms with Gasteiger partial charge in [-0.15, -0.1) is 0 Å². The van der Waals surface area contributed by atoms with Crippen LogP contribution in [0.3, 0.4) is 0 Å². The van der Waals surface area contributed by atoms with Crippen LogP contribution in [0.4, 0.5) is 5.69 Å². The van der Waals surface area contributed by atoms with Crippen molar-refractivity contribution in [3.8, 4) is 17.9 Å². The number of rotatable bonds is 8. The van der Waals surface area contributed by atoms with Gasteiger partial charge in [0.05, 0.1) is 31.8 Å². The first-order chi connectivity index (χ1) is 17.4. The molecule has 3 aromatic rings. The SMILES string of the molecule is CCOC(=O)c1ccc(NC(=O)/C(C#N)=C/c2cc(Br)c(OCc3ccccc3C#N)c(I)c2)cc1. The minimum absolute atomic E-state index is 0.0937. The molecule has 0 aliphatic rings. The fourth-order valence-corrected chi connectivity index (χ4v) is 4.89. The van der Waals surface area contributed by atoms with Gasteiger partial charge in [-0.1, -0.05) is 18.2 Å². The molecule has 3 rings (SSSR count). The molecule has 180 valence electrons. The molecule has 36 heavy (non-hydrogen) atoms. The Kier molecular flexibility index (Phi) is 9.62. The summed E-state index contributed by atoms with van der Waals surface area (Å²) in [7, 11) is 0. The van der Waals surface area contributed by atoms with Crippen LogP contribution in [0, 0.1) is 26.2 Å². The third-order valence-electron chi connectivity index (χ3n) is 4.86. The minimum Gasteiger partial charge on any atom is -0.487 e. The highest BCUT2D eigenvalue weighted by Gasteiger charge is 2.14. The first-order valence-corrected chi connectivity index (χ1v) is 12.5. The Bertz CT molecular complexity index is 1380. The van der Waals surface area contributed by atoms with Crippen molar-refractivity contribution in [1.29, 1.82) is 10.5 Å². The number of anilines is 1. The van der Waals surface area contributed by atoms with Gasteiger partial charge in [0.2, 0.25) is 0 Å². The summed E-state index contributed by atoms with van der Waals surface area (Å²) in [6.07, 6.45) is 1.48. The van der Waals surface area contributed by atoms with Gasteiger partial charge in [0.15, 0.2) is 0 Å². The van der Waals surface area contributed by atoms with Crippen LogP contribution in [0.5, 0.6) is 5.75 Å². The van der Waals surface area contributed by atoms with Crippen LogP contribution in [-0.2, 0) is 16.1 Å². The molecule has 0 aromatic heterocycles. The predicted octanol–water partition coefficient (Wildman–Crippen LogP) is 6.23. The standard InChI is InChI=1S/C27H19BrIN3O4/c1-2-35-27(34)18-7-9-22(10-8-18)32-26(33)21(15-31)11-17-12-23(28)25(24(29)13-17)36-16-20-6-4-3-5-19(20)14-30/h3-13H,2,16H2,1H3,(H,32,33)/b21-11+. The molecule has 0 fully saturated rings. The normalized spacial score (nSPS) is 10.6. The predicted molar refractivity (Wildman–Crippen MR) is 147 cm³/mol. The van der Waals surface area contributed by atoms with E-state index in [2.05, 4.69) is 49.9 Å². The number of amides is 1. The zero-order valence-electron chi connectivity index (χ0n) is 19.0. The van der Waals surface area contributed by atoms with E-state index in [0.29, 0.717) is 32.6 Å². The van der Waals surface area contributed by atoms with Gasteiger partial charge in [-0.25, -0.2) is 4.79 Å². The lowest BCUT2D eigenvalue weighted by Gasteiger charge is -2.12. The van der Waals surface area contributed by atoms with Gasteiger partial charge < -0.3 is 14.8 Å². The molecule has 0 bridgehead atoms. The molecule has 0 unspecified atom stereocenters. The number of hydrogen-bond donors (Lipinski definition) is 1. The highest BCUT2D eigenvalue weighted by Crippen LogP contribution is 2.33. The second-order valence-corrected chi connectivity index (χ2v) is 9.31. The average Bonchev–Trinajstić information content (AvgIpc) is 2.87. The van der Waals surface area contributed by atoms with Crippen LogP contribution < -0.4 is 10.1 Å². The van der Waals surface area contributed by atoms with Gasteiger partial charge in [-0.3, -0.25) is 4.79 Å². The lowest BCUT2D eigenvalue weighted by Crippen LogP contribution is -2.13. The van der Waals surface area contributed by atoms with E-state index in [4.69, 9.17) is 9.47 Å². The highest BCUT2D eigenvalue weighted by atomic mass is 127. The number of benzene rings is 3. The number of esters is 1. The third-order valence-corrected chi connectivity index (χ3v) is 6.25. The van der Waals surface area contributed by atoms with E-state index in [1.54, 1.807) is 43.3 Å². The zero-order valence-corrected chi connectivity index (χ0v) is 22.8. The molecular weight excluding hydrogens is 637 g/mol. The Labute approximate surface area is 230 Å². The lowest BCUT2D eigenvalue weighted by molar-refractivity contribution is -0.112. The summed E-state index contributed by atoms with van der Waals surface area (Å²) >= 11 is 5.60. The Morgan fingerprint density at radius 1 is 1.11 bits per heavy atom. The Morgan fingerprint density at radius 2 is 1.83 bits per heavy atom. The van der Waals surface area contributed by atoms with Crippen molar-refractivity contribution in [2.24, 2.45) is 0 Å². The number of carbonyl (C=O) groups excluding carboxylic acids is 2. The van der Waals surface area contributed by atoms with Crippen molar-refractivity contribution < 1.29 is 19.1 Å². The highest BCUT2D eigenvalue weighted by molar-refractivity contribution is 14.1. The van der Waals surface area contributed by atoms with E-state index < -0.39 is 11.9 Å². The molecule has 0 spiro atoms. The van der Waals surface area contributed by atoms with E-state index in [1.807, 2.05) is 18.2 Å². The maximum Gasteiger partial charge on any atom is 0.338 e. The molecule has 0 radical (unpaired) electrons. The molecule has 1 amide bonds. The molecule has 0 atom stereocenters. The summed E-state index contributed by atoms with van der Waals surface area (Å²) in [5.41, 5.74) is 2.65. The monoisotopic (exact) mass is 655 g/mol. The molecule has 0 aliphatic heterocycles. The summed E-state index contributed by atoms with van der Waals surface area (Å²) in [4.78, 5) is 24.4. The lowest BCUT2D eigenvalue weighted by atomic mass is 10.1. The number of ether oxygens (including phenoxy) is 2. The maximum absolute atomic E-state index is 12.7. The van der Waals surface area contributed by atoms with Crippen molar-refractivity contribution in [2.45, 2.75) is 13.5 Å². The quantitative estimate of drug-likeness (QED) is 0.133. The molecule has 0 aliphatic carbocycles. The Hall–Kier alpha value is -3.67. The van der Waals surface area contributed by atoms with Crippen LogP contribution >= 0.6 is 38.5 Å². The van der Waals surface area contributed by atoms with E-state index in [-0.39, 0.29) is 18.8 Å². The summed E-state index contributed by atoms with van der Waals surface area (Å²) in [6, 6.07) is 21.0. The van der Waals surface area contributed by atoms with Gasteiger partial charge in [0.1, 0.15) is 24.0 Å². The number of nitrogens with zero attached hydrogens (tertiary/aromatic N) is 2. The average molecular weight is 656 g/mol. The molecule has 3 aromatic carbocycles. The van der Waals surface area contributed by atoms with E-state index in [1.165, 1.54) is 18.2 Å². The van der Waals surface area contributed by atoms with Gasteiger partial charge in [-0.05, 0) is 99.5 Å². The van der Waals surface area contributed by atoms with Crippen LogP contribution in [0.2, 0.25) is 0 Å². The minimum atomic E-state index is -0.582. The van der Waals surface area contributed by atoms with Crippen molar-refractivity contribution in [3.63, 3.8) is 0 Å². The topological polar surface area (TPSA) is 112 Å². The van der Waals surface area contributed by atoms with Crippen LogP contribution in [-0.4, -0.2) is 18.5 Å². The summed E-state index contributed by atoms with van der Waals surface area (Å²) in [5.74, 6) is -0.444. The first-order valence-electron chi connectivity index (χ1n) is 10.7. The third kappa shape index (κ3) is 6.94. The largest absolute Gasteiger partial charge is 0.487 e. The number of hydrogen-bond acceptors (Lipinski definition) is 6. The van der Waals surface area contributed by atoms with Crippen LogP contribution in [0.25, 0.3) is 6.08 Å². The first kappa shape index (κ1) is 26.9. The fraction of sp³-hybridized carbons (Fsp3) is 0.111. The summed E-state index contributed by atoms with van der Waals surface area (Å²) in [5, 5.41) is 21.5.